The maximum atomic E-state index is 13.2. The van der Waals surface area contributed by atoms with Gasteiger partial charge in [-0.2, -0.15) is 8.78 Å². The van der Waals surface area contributed by atoms with Crippen molar-refractivity contribution in [2.75, 3.05) is 13.7 Å². The molecule has 0 saturated carbocycles. The fourth-order valence-electron chi connectivity index (χ4n) is 3.36. The molecular formula is C20H20F3N3O2. The van der Waals surface area contributed by atoms with Crippen molar-refractivity contribution in [2.24, 2.45) is 10.7 Å². The highest BCUT2D eigenvalue weighted by atomic mass is 19.3. The van der Waals surface area contributed by atoms with E-state index in [1.165, 1.54) is 36.2 Å². The number of likely N-dealkylation sites (N-methyl/N-ethyl adjacent to an activating group) is 1. The highest BCUT2D eigenvalue weighted by molar-refractivity contribution is 6.09. The minimum Gasteiger partial charge on any atom is -0.435 e. The minimum absolute atomic E-state index is 0.0225. The molecule has 148 valence electrons. The fraction of sp³-hybridized carbons (Fsp3) is 0.300. The Morgan fingerprint density at radius 2 is 2.07 bits per heavy atom. The molecule has 1 amide bonds. The summed E-state index contributed by atoms with van der Waals surface area (Å²) in [6.07, 6.45) is 7.84. The Morgan fingerprint density at radius 1 is 1.36 bits per heavy atom. The van der Waals surface area contributed by atoms with Crippen LogP contribution in [0.5, 0.6) is 5.75 Å². The standard InChI is InChI=1S/C20H20F3N3O2/c1-26-17(27)20(25-19(26)24,14-7-9-16(10-8-14)28-18(22)23)15-6-2-4-13(12-15)5-3-11-21/h2,4-10,18H,3,11-12H2,1H3,(H2,24,25)/t20-/m0/s1. The van der Waals surface area contributed by atoms with Gasteiger partial charge in [0.1, 0.15) is 5.75 Å². The number of carbonyl (C=O) groups is 1. The summed E-state index contributed by atoms with van der Waals surface area (Å²) in [5, 5.41) is 0. The molecule has 2 aliphatic rings. The second-order valence-electron chi connectivity index (χ2n) is 6.43. The lowest BCUT2D eigenvalue weighted by Gasteiger charge is -2.30. The molecule has 0 spiro atoms. The van der Waals surface area contributed by atoms with Gasteiger partial charge in [-0.05, 0) is 41.7 Å². The molecule has 0 aromatic heterocycles. The molecule has 0 unspecified atom stereocenters. The van der Waals surface area contributed by atoms with Gasteiger partial charge in [-0.25, -0.2) is 4.99 Å². The maximum Gasteiger partial charge on any atom is 0.387 e. The number of amides is 1. The minimum atomic E-state index is -2.94. The van der Waals surface area contributed by atoms with Gasteiger partial charge in [0.2, 0.25) is 0 Å². The van der Waals surface area contributed by atoms with Crippen LogP contribution in [0.25, 0.3) is 0 Å². The van der Waals surface area contributed by atoms with Crippen LogP contribution in [-0.4, -0.2) is 37.1 Å². The Labute approximate surface area is 160 Å². The molecule has 8 heteroatoms. The van der Waals surface area contributed by atoms with Crippen molar-refractivity contribution in [3.8, 4) is 5.75 Å². The van der Waals surface area contributed by atoms with Crippen LogP contribution in [0, 0.1) is 0 Å². The number of aliphatic imine (C=N–C) groups is 1. The summed E-state index contributed by atoms with van der Waals surface area (Å²) in [5.74, 6) is -0.313. The van der Waals surface area contributed by atoms with E-state index in [2.05, 4.69) is 9.73 Å². The molecule has 0 radical (unpaired) electrons. The van der Waals surface area contributed by atoms with E-state index >= 15 is 0 Å². The van der Waals surface area contributed by atoms with Crippen molar-refractivity contribution in [1.29, 1.82) is 0 Å². The molecule has 28 heavy (non-hydrogen) atoms. The van der Waals surface area contributed by atoms with Crippen molar-refractivity contribution in [2.45, 2.75) is 25.0 Å². The van der Waals surface area contributed by atoms with Crippen molar-refractivity contribution >= 4 is 11.9 Å². The third-order valence-corrected chi connectivity index (χ3v) is 4.72. The number of benzene rings is 1. The van der Waals surface area contributed by atoms with Crippen LogP contribution < -0.4 is 10.5 Å². The van der Waals surface area contributed by atoms with Gasteiger partial charge in [0.25, 0.3) is 5.91 Å². The van der Waals surface area contributed by atoms with Crippen molar-refractivity contribution in [3.63, 3.8) is 0 Å². The molecule has 3 rings (SSSR count). The highest BCUT2D eigenvalue weighted by Gasteiger charge is 2.50. The first-order chi connectivity index (χ1) is 13.4. The molecular weight excluding hydrogens is 371 g/mol. The number of alkyl halides is 3. The summed E-state index contributed by atoms with van der Waals surface area (Å²) in [4.78, 5) is 18.9. The molecule has 1 atom stereocenters. The van der Waals surface area contributed by atoms with Gasteiger partial charge in [0.05, 0.1) is 6.67 Å². The summed E-state index contributed by atoms with van der Waals surface area (Å²) in [5.41, 5.74) is 6.53. The first kappa shape index (κ1) is 19.7. The van der Waals surface area contributed by atoms with E-state index in [4.69, 9.17) is 5.73 Å². The van der Waals surface area contributed by atoms with E-state index in [-0.39, 0.29) is 24.0 Å². The van der Waals surface area contributed by atoms with E-state index in [0.29, 0.717) is 17.6 Å². The molecule has 1 aromatic carbocycles. The van der Waals surface area contributed by atoms with Crippen LogP contribution in [0.2, 0.25) is 0 Å². The topological polar surface area (TPSA) is 67.9 Å². The van der Waals surface area contributed by atoms with Gasteiger partial charge < -0.3 is 10.5 Å². The molecule has 1 aliphatic carbocycles. The Bertz CT molecular complexity index is 875. The van der Waals surface area contributed by atoms with E-state index in [1.54, 1.807) is 18.2 Å². The highest BCUT2D eigenvalue weighted by Crippen LogP contribution is 2.43. The molecule has 5 nitrogen and oxygen atoms in total. The van der Waals surface area contributed by atoms with E-state index in [1.807, 2.05) is 6.08 Å². The number of allylic oxidation sites excluding steroid dienone is 5. The predicted octanol–water partition coefficient (Wildman–Crippen LogP) is 3.44. The van der Waals surface area contributed by atoms with Crippen LogP contribution in [-0.2, 0) is 10.3 Å². The van der Waals surface area contributed by atoms with E-state index < -0.39 is 18.8 Å². The Kier molecular flexibility index (Phi) is 5.58. The van der Waals surface area contributed by atoms with Gasteiger partial charge >= 0.3 is 6.61 Å². The Balaban J connectivity index is 2.05. The Hall–Kier alpha value is -3.03. The van der Waals surface area contributed by atoms with Crippen LogP contribution >= 0.6 is 0 Å². The summed E-state index contributed by atoms with van der Waals surface area (Å²) in [7, 11) is 1.52. The van der Waals surface area contributed by atoms with Gasteiger partial charge in [0.15, 0.2) is 11.5 Å². The molecule has 0 bridgehead atoms. The van der Waals surface area contributed by atoms with Crippen LogP contribution in [0.4, 0.5) is 13.2 Å². The van der Waals surface area contributed by atoms with E-state index in [0.717, 1.165) is 5.57 Å². The number of carbonyl (C=O) groups excluding carboxylic acids is 1. The lowest BCUT2D eigenvalue weighted by atomic mass is 9.77. The summed E-state index contributed by atoms with van der Waals surface area (Å²) < 4.78 is 41.8. The van der Waals surface area contributed by atoms with Gasteiger partial charge in [-0.1, -0.05) is 36.4 Å². The second kappa shape index (κ2) is 7.92. The van der Waals surface area contributed by atoms with Crippen LogP contribution in [0.1, 0.15) is 18.4 Å². The smallest absolute Gasteiger partial charge is 0.387 e. The van der Waals surface area contributed by atoms with Crippen molar-refractivity contribution in [1.82, 2.24) is 4.90 Å². The number of halogens is 3. The zero-order valence-corrected chi connectivity index (χ0v) is 15.2. The largest absolute Gasteiger partial charge is 0.435 e. The number of nitrogens with zero attached hydrogens (tertiary/aromatic N) is 2. The van der Waals surface area contributed by atoms with Crippen LogP contribution in [0.15, 0.2) is 64.7 Å². The molecule has 1 aromatic rings. The first-order valence-electron chi connectivity index (χ1n) is 8.70. The average molecular weight is 391 g/mol. The molecule has 0 fully saturated rings. The summed E-state index contributed by atoms with van der Waals surface area (Å²) in [6, 6.07) is 5.77. The number of rotatable bonds is 6. The number of nitrogens with two attached hydrogens (primary N) is 1. The second-order valence-corrected chi connectivity index (χ2v) is 6.43. The quantitative estimate of drug-likeness (QED) is 0.808. The van der Waals surface area contributed by atoms with Crippen molar-refractivity contribution < 1.29 is 22.7 Å². The first-order valence-corrected chi connectivity index (χ1v) is 8.70. The van der Waals surface area contributed by atoms with Gasteiger partial charge in [0, 0.05) is 7.05 Å². The van der Waals surface area contributed by atoms with Crippen molar-refractivity contribution in [3.05, 3.63) is 65.3 Å². The number of ether oxygens (including phenoxy) is 1. The summed E-state index contributed by atoms with van der Waals surface area (Å²) >= 11 is 0. The monoisotopic (exact) mass is 391 g/mol. The third kappa shape index (κ3) is 3.54. The molecule has 2 N–H and O–H groups in total. The number of hydrogen-bond donors (Lipinski definition) is 1. The fourth-order valence-corrected chi connectivity index (χ4v) is 3.36. The van der Waals surface area contributed by atoms with Gasteiger partial charge in [-0.3, -0.25) is 14.1 Å². The number of guanidine groups is 1. The van der Waals surface area contributed by atoms with Gasteiger partial charge in [-0.15, -0.1) is 0 Å². The predicted molar refractivity (Wildman–Crippen MR) is 99.7 cm³/mol. The summed E-state index contributed by atoms with van der Waals surface area (Å²) in [6.45, 7) is -3.41. The lowest BCUT2D eigenvalue weighted by Crippen LogP contribution is -2.41. The zero-order valence-electron chi connectivity index (χ0n) is 15.2. The molecule has 1 heterocycles. The molecule has 1 aliphatic heterocycles. The number of hydrogen-bond acceptors (Lipinski definition) is 4. The van der Waals surface area contributed by atoms with Crippen LogP contribution in [0.3, 0.4) is 0 Å². The molecule has 0 saturated heterocycles. The normalized spacial score (nSPS) is 23.4. The average Bonchev–Trinajstić information content (AvgIpc) is 2.92. The zero-order chi connectivity index (χ0) is 20.3. The Morgan fingerprint density at radius 3 is 2.64 bits per heavy atom. The lowest BCUT2D eigenvalue weighted by molar-refractivity contribution is -0.129. The van der Waals surface area contributed by atoms with E-state index in [9.17, 15) is 18.0 Å². The SMILES string of the molecule is CN1C(=O)[C@@](C2=CC=CC(=CCCF)C2)(c2ccc(OC(F)F)cc2)N=C1N. The third-order valence-electron chi connectivity index (χ3n) is 4.72. The maximum absolute atomic E-state index is 13.2.